The van der Waals surface area contributed by atoms with Crippen molar-refractivity contribution < 1.29 is 19.4 Å². The summed E-state index contributed by atoms with van der Waals surface area (Å²) in [5.74, 6) is -0.921. The van der Waals surface area contributed by atoms with Crippen molar-refractivity contribution in [3.05, 3.63) is 41.5 Å². The van der Waals surface area contributed by atoms with E-state index in [4.69, 9.17) is 9.84 Å². The molecule has 1 amide bonds. The predicted octanol–water partition coefficient (Wildman–Crippen LogP) is 3.94. The van der Waals surface area contributed by atoms with Crippen LogP contribution in [0.15, 0.2) is 30.3 Å². The first kappa shape index (κ1) is 16.6. The number of fused-ring (bicyclic) bond motifs is 2. The van der Waals surface area contributed by atoms with Crippen molar-refractivity contribution in [3.63, 3.8) is 0 Å². The van der Waals surface area contributed by atoms with Gasteiger partial charge in [-0.25, -0.2) is 9.59 Å². The standard InChI is InChI=1S/C19H23NO4/c1-19(2,3)24-18(23)20-15-8-9-16(20)11-14(10-15)12-4-6-13(7-5-12)17(21)22/h4-7,10,15-16H,8-9,11H2,1-3H3,(H,21,22). The fourth-order valence-corrected chi connectivity index (χ4v) is 3.47. The van der Waals surface area contributed by atoms with Gasteiger partial charge < -0.3 is 9.84 Å². The number of carbonyl (C=O) groups excluding carboxylic acids is 1. The minimum Gasteiger partial charge on any atom is -0.478 e. The van der Waals surface area contributed by atoms with Gasteiger partial charge in [-0.15, -0.1) is 0 Å². The number of hydrogen-bond donors (Lipinski definition) is 1. The Hall–Kier alpha value is -2.30. The van der Waals surface area contributed by atoms with Crippen LogP contribution in [-0.4, -0.2) is 39.8 Å². The van der Waals surface area contributed by atoms with Crippen molar-refractivity contribution in [2.24, 2.45) is 0 Å². The second-order valence-electron chi connectivity index (χ2n) is 7.46. The van der Waals surface area contributed by atoms with Gasteiger partial charge in [-0.1, -0.05) is 18.2 Å². The monoisotopic (exact) mass is 329 g/mol. The zero-order chi connectivity index (χ0) is 17.5. The predicted molar refractivity (Wildman–Crippen MR) is 90.9 cm³/mol. The van der Waals surface area contributed by atoms with Crippen LogP contribution in [0, 0.1) is 0 Å². The van der Waals surface area contributed by atoms with Crippen LogP contribution in [0.1, 0.15) is 56.0 Å². The number of aromatic carboxylic acids is 1. The fourth-order valence-electron chi connectivity index (χ4n) is 3.47. The molecule has 24 heavy (non-hydrogen) atoms. The minimum atomic E-state index is -0.921. The van der Waals surface area contributed by atoms with Gasteiger partial charge in [0.05, 0.1) is 11.6 Å². The lowest BCUT2D eigenvalue weighted by atomic mass is 9.94. The molecule has 2 atom stereocenters. The SMILES string of the molecule is CC(C)(C)OC(=O)N1C2C=C(c3ccc(C(=O)O)cc3)CC1CC2. The lowest BCUT2D eigenvalue weighted by Gasteiger charge is -2.35. The van der Waals surface area contributed by atoms with Crippen LogP contribution in [0.25, 0.3) is 5.57 Å². The van der Waals surface area contributed by atoms with E-state index in [2.05, 4.69) is 6.08 Å². The number of ether oxygens (including phenoxy) is 1. The molecule has 2 aliphatic rings. The molecule has 0 radical (unpaired) electrons. The van der Waals surface area contributed by atoms with Crippen molar-refractivity contribution in [1.29, 1.82) is 0 Å². The molecule has 3 rings (SSSR count). The molecule has 0 saturated carbocycles. The van der Waals surface area contributed by atoms with Gasteiger partial charge in [0.1, 0.15) is 5.60 Å². The van der Waals surface area contributed by atoms with Crippen LogP contribution in [-0.2, 0) is 4.74 Å². The highest BCUT2D eigenvalue weighted by Gasteiger charge is 2.41. The smallest absolute Gasteiger partial charge is 0.411 e. The maximum atomic E-state index is 12.4. The fraction of sp³-hybridized carbons (Fsp3) is 0.474. The number of carboxylic acids is 1. The van der Waals surface area contributed by atoms with Gasteiger partial charge in [0, 0.05) is 6.04 Å². The molecule has 1 saturated heterocycles. The third kappa shape index (κ3) is 3.30. The van der Waals surface area contributed by atoms with Crippen molar-refractivity contribution >= 4 is 17.6 Å². The highest BCUT2D eigenvalue weighted by atomic mass is 16.6. The molecule has 0 aromatic heterocycles. The van der Waals surface area contributed by atoms with Gasteiger partial charge in [-0.05, 0) is 63.3 Å². The Bertz CT molecular complexity index is 684. The first-order chi connectivity index (χ1) is 11.2. The number of carbonyl (C=O) groups is 2. The number of nitrogens with zero attached hydrogens (tertiary/aromatic N) is 1. The summed E-state index contributed by atoms with van der Waals surface area (Å²) in [4.78, 5) is 25.3. The lowest BCUT2D eigenvalue weighted by Crippen LogP contribution is -2.45. The maximum Gasteiger partial charge on any atom is 0.411 e. The molecule has 2 heterocycles. The van der Waals surface area contributed by atoms with Crippen molar-refractivity contribution in [2.75, 3.05) is 0 Å². The molecule has 128 valence electrons. The third-order valence-corrected chi connectivity index (χ3v) is 4.50. The summed E-state index contributed by atoms with van der Waals surface area (Å²) in [6.45, 7) is 5.63. The van der Waals surface area contributed by atoms with Crippen molar-refractivity contribution in [2.45, 2.75) is 57.7 Å². The zero-order valence-corrected chi connectivity index (χ0v) is 14.3. The first-order valence-corrected chi connectivity index (χ1v) is 8.30. The summed E-state index contributed by atoms with van der Waals surface area (Å²) >= 11 is 0. The Kier molecular flexibility index (Phi) is 4.11. The van der Waals surface area contributed by atoms with Gasteiger partial charge in [-0.3, -0.25) is 4.90 Å². The van der Waals surface area contributed by atoms with E-state index >= 15 is 0 Å². The summed E-state index contributed by atoms with van der Waals surface area (Å²) in [5.41, 5.74) is 2.00. The Balaban J connectivity index is 1.79. The topological polar surface area (TPSA) is 66.8 Å². The summed E-state index contributed by atoms with van der Waals surface area (Å²) in [6.07, 6.45) is 4.58. The van der Waals surface area contributed by atoms with Crippen LogP contribution >= 0.6 is 0 Å². The van der Waals surface area contributed by atoms with E-state index in [1.165, 1.54) is 5.57 Å². The van der Waals surface area contributed by atoms with Gasteiger partial charge in [-0.2, -0.15) is 0 Å². The van der Waals surface area contributed by atoms with Crippen molar-refractivity contribution in [3.8, 4) is 0 Å². The number of rotatable bonds is 2. The summed E-state index contributed by atoms with van der Waals surface area (Å²) in [7, 11) is 0. The molecular weight excluding hydrogens is 306 g/mol. The van der Waals surface area contributed by atoms with Crippen LogP contribution in [0.2, 0.25) is 0 Å². The highest BCUT2D eigenvalue weighted by Crippen LogP contribution is 2.39. The van der Waals surface area contributed by atoms with Crippen LogP contribution in [0.5, 0.6) is 0 Å². The molecule has 2 bridgehead atoms. The average Bonchev–Trinajstić information content (AvgIpc) is 2.76. The summed E-state index contributed by atoms with van der Waals surface area (Å²) < 4.78 is 5.53. The van der Waals surface area contributed by atoms with Gasteiger partial charge in [0.15, 0.2) is 0 Å². The Morgan fingerprint density at radius 3 is 2.38 bits per heavy atom. The number of carboxylic acid groups (broad SMARTS) is 1. The van der Waals surface area contributed by atoms with Crippen molar-refractivity contribution in [1.82, 2.24) is 4.90 Å². The zero-order valence-electron chi connectivity index (χ0n) is 14.3. The van der Waals surface area contributed by atoms with Gasteiger partial charge in [0.25, 0.3) is 0 Å². The summed E-state index contributed by atoms with van der Waals surface area (Å²) in [6, 6.07) is 7.16. The second kappa shape index (κ2) is 5.96. The number of amides is 1. The Morgan fingerprint density at radius 1 is 1.17 bits per heavy atom. The van der Waals surface area contributed by atoms with E-state index in [9.17, 15) is 9.59 Å². The van der Waals surface area contributed by atoms with E-state index < -0.39 is 11.6 Å². The Morgan fingerprint density at radius 2 is 1.83 bits per heavy atom. The number of hydrogen-bond acceptors (Lipinski definition) is 3. The molecule has 5 nitrogen and oxygen atoms in total. The molecule has 1 aromatic rings. The van der Waals surface area contributed by atoms with E-state index in [-0.39, 0.29) is 23.7 Å². The third-order valence-electron chi connectivity index (χ3n) is 4.50. The molecule has 1 N–H and O–H groups in total. The largest absolute Gasteiger partial charge is 0.478 e. The van der Waals surface area contributed by atoms with Crippen LogP contribution in [0.4, 0.5) is 4.79 Å². The van der Waals surface area contributed by atoms with Crippen LogP contribution in [0.3, 0.4) is 0 Å². The maximum absolute atomic E-state index is 12.4. The molecule has 2 aliphatic heterocycles. The normalized spacial score (nSPS) is 23.0. The molecule has 0 aliphatic carbocycles. The molecule has 5 heteroatoms. The lowest BCUT2D eigenvalue weighted by molar-refractivity contribution is 0.0175. The van der Waals surface area contributed by atoms with Gasteiger partial charge >= 0.3 is 12.1 Å². The van der Waals surface area contributed by atoms with E-state index in [1.54, 1.807) is 12.1 Å². The molecule has 0 spiro atoms. The highest BCUT2D eigenvalue weighted by molar-refractivity contribution is 5.88. The van der Waals surface area contributed by atoms with Crippen LogP contribution < -0.4 is 0 Å². The quantitative estimate of drug-likeness (QED) is 0.892. The number of benzene rings is 1. The second-order valence-corrected chi connectivity index (χ2v) is 7.46. The average molecular weight is 329 g/mol. The van der Waals surface area contributed by atoms with E-state index in [0.29, 0.717) is 0 Å². The molecule has 2 unspecified atom stereocenters. The first-order valence-electron chi connectivity index (χ1n) is 8.30. The Labute approximate surface area is 141 Å². The molecule has 1 fully saturated rings. The summed E-state index contributed by atoms with van der Waals surface area (Å²) in [5, 5.41) is 9.00. The van der Waals surface area contributed by atoms with E-state index in [0.717, 1.165) is 24.8 Å². The van der Waals surface area contributed by atoms with Gasteiger partial charge in [0.2, 0.25) is 0 Å². The minimum absolute atomic E-state index is 0.0627. The molecule has 1 aromatic carbocycles. The molecular formula is C19H23NO4. The van der Waals surface area contributed by atoms with E-state index in [1.807, 2.05) is 37.8 Å².